The second-order valence-electron chi connectivity index (χ2n) is 9.67. The van der Waals surface area contributed by atoms with E-state index in [9.17, 15) is 0 Å². The van der Waals surface area contributed by atoms with E-state index in [2.05, 4.69) is 36.4 Å². The van der Waals surface area contributed by atoms with E-state index in [0.29, 0.717) is 0 Å². The van der Waals surface area contributed by atoms with Gasteiger partial charge in [-0.25, -0.2) is 9.97 Å². The first kappa shape index (κ1) is 34.0. The van der Waals surface area contributed by atoms with Gasteiger partial charge < -0.3 is 26.6 Å². The minimum Gasteiger partial charge on any atom is -0.377 e. The van der Waals surface area contributed by atoms with Crippen LogP contribution in [0.3, 0.4) is 0 Å². The summed E-state index contributed by atoms with van der Waals surface area (Å²) in [5.74, 6) is 2.35. The Labute approximate surface area is 267 Å². The average Bonchev–Trinajstić information content (AvgIpc) is 3.67. The maximum atomic E-state index is 5.73. The first-order chi connectivity index (χ1) is 20.4. The molecule has 0 aliphatic heterocycles. The van der Waals surface area contributed by atoms with Gasteiger partial charge in [-0.2, -0.15) is 0 Å². The number of thiazole rings is 2. The number of hydrogen-bond donors (Lipinski definition) is 0. The van der Waals surface area contributed by atoms with Gasteiger partial charge in [0.2, 0.25) is 0 Å². The van der Waals surface area contributed by atoms with Crippen molar-refractivity contribution in [1.82, 2.24) is 9.97 Å². The molecule has 14 heteroatoms. The third kappa shape index (κ3) is 8.43. The van der Waals surface area contributed by atoms with Crippen LogP contribution in [0.4, 0.5) is 0 Å². The lowest BCUT2D eigenvalue weighted by Gasteiger charge is -2.26. The Hall–Kier alpha value is -0.886. The molecule has 0 N–H and O–H groups in total. The second kappa shape index (κ2) is 16.4. The van der Waals surface area contributed by atoms with Gasteiger partial charge in [-0.3, -0.25) is 0 Å². The van der Waals surface area contributed by atoms with Crippen molar-refractivity contribution in [2.75, 3.05) is 54.2 Å². The predicted molar refractivity (Wildman–Crippen MR) is 182 cm³/mol. The van der Waals surface area contributed by atoms with Crippen molar-refractivity contribution in [1.29, 1.82) is 0 Å². The molecule has 4 rings (SSSR count). The summed E-state index contributed by atoms with van der Waals surface area (Å²) in [6.45, 7) is 0. The molecule has 4 aromatic rings. The van der Waals surface area contributed by atoms with Crippen LogP contribution >= 0.6 is 44.3 Å². The van der Waals surface area contributed by atoms with E-state index in [1.807, 2.05) is 33.7 Å². The minimum absolute atomic E-state index is 0.253. The van der Waals surface area contributed by atoms with Crippen LogP contribution in [0.5, 0.6) is 0 Å². The Morgan fingerprint density at radius 2 is 0.952 bits per heavy atom. The van der Waals surface area contributed by atoms with Crippen molar-refractivity contribution in [2.45, 2.75) is 36.8 Å². The van der Waals surface area contributed by atoms with Crippen molar-refractivity contribution in [3.63, 3.8) is 0 Å². The highest BCUT2D eigenvalue weighted by Crippen LogP contribution is 2.41. The summed E-state index contributed by atoms with van der Waals surface area (Å²) in [6.07, 6.45) is 1.75. The second-order valence-corrected chi connectivity index (χ2v) is 20.5. The van der Waals surface area contributed by atoms with Crippen molar-refractivity contribution in [3.05, 3.63) is 58.5 Å². The summed E-state index contributed by atoms with van der Waals surface area (Å²) in [6, 6.07) is 18.1. The number of benzene rings is 2. The predicted octanol–water partition coefficient (Wildman–Crippen LogP) is 7.69. The first-order valence-corrected chi connectivity index (χ1v) is 21.7. The first-order valence-electron chi connectivity index (χ1n) is 13.7. The Kier molecular flexibility index (Phi) is 13.3. The highest BCUT2D eigenvalue weighted by molar-refractivity contribution is 8.76. The standard InChI is InChI=1S/C28H40N2O6S4Si2/c1-31-41(32-2,33-3)17-15-21(27-29-23-11-7-9-13-25(23)39-27)19-37-38-20-22(16-18-42(34-4,35-5)36-6)28-30-24-12-8-10-14-26(24)40-28/h7-14,21-22H,15-20H2,1-6H3. The fraction of sp³-hybridized carbons (Fsp3) is 0.500. The van der Waals surface area contributed by atoms with Crippen LogP contribution in [0.1, 0.15) is 34.7 Å². The lowest BCUT2D eigenvalue weighted by Crippen LogP contribution is -2.43. The van der Waals surface area contributed by atoms with Gasteiger partial charge in [0.1, 0.15) is 0 Å². The zero-order chi connectivity index (χ0) is 30.0. The largest absolute Gasteiger partial charge is 0.500 e. The van der Waals surface area contributed by atoms with Gasteiger partial charge in [0.25, 0.3) is 0 Å². The van der Waals surface area contributed by atoms with Gasteiger partial charge in [0, 0.05) is 78.1 Å². The molecule has 2 atom stereocenters. The number of nitrogens with zero attached hydrogens (tertiary/aromatic N) is 2. The lowest BCUT2D eigenvalue weighted by molar-refractivity contribution is 0.122. The van der Waals surface area contributed by atoms with Crippen LogP contribution in [0.2, 0.25) is 12.1 Å². The topological polar surface area (TPSA) is 81.2 Å². The van der Waals surface area contributed by atoms with Gasteiger partial charge in [-0.05, 0) is 37.1 Å². The maximum Gasteiger partial charge on any atom is 0.500 e. The summed E-state index contributed by atoms with van der Waals surface area (Å²) in [4.78, 5) is 10.0. The van der Waals surface area contributed by atoms with E-state index in [4.69, 9.17) is 36.5 Å². The maximum absolute atomic E-state index is 5.73. The molecule has 0 saturated carbocycles. The van der Waals surface area contributed by atoms with Crippen molar-refractivity contribution in [3.8, 4) is 0 Å². The molecule has 8 nitrogen and oxygen atoms in total. The third-order valence-corrected chi connectivity index (χ3v) is 17.9. The summed E-state index contributed by atoms with van der Waals surface area (Å²) < 4.78 is 36.8. The third-order valence-electron chi connectivity index (χ3n) is 7.41. The highest BCUT2D eigenvalue weighted by atomic mass is 33.1. The summed E-state index contributed by atoms with van der Waals surface area (Å²) in [5.41, 5.74) is 2.10. The van der Waals surface area contributed by atoms with E-state index in [1.54, 1.807) is 65.3 Å². The normalized spacial score (nSPS) is 14.1. The zero-order valence-corrected chi connectivity index (χ0v) is 30.3. The molecule has 0 aliphatic carbocycles. The highest BCUT2D eigenvalue weighted by Gasteiger charge is 2.39. The van der Waals surface area contributed by atoms with Gasteiger partial charge in [-0.15, -0.1) is 22.7 Å². The van der Waals surface area contributed by atoms with E-state index < -0.39 is 17.6 Å². The van der Waals surface area contributed by atoms with Gasteiger partial charge in [0.05, 0.1) is 30.4 Å². The fourth-order valence-corrected chi connectivity index (χ4v) is 13.5. The van der Waals surface area contributed by atoms with Crippen LogP contribution in [0, 0.1) is 0 Å². The van der Waals surface area contributed by atoms with E-state index in [0.717, 1.165) is 57.5 Å². The monoisotopic (exact) mass is 684 g/mol. The molecule has 2 unspecified atom stereocenters. The lowest BCUT2D eigenvalue weighted by atomic mass is 10.1. The van der Waals surface area contributed by atoms with Crippen molar-refractivity contribution < 1.29 is 26.6 Å². The Balaban J connectivity index is 1.47. The molecular formula is C28H40N2O6S4Si2. The molecule has 0 bridgehead atoms. The summed E-state index contributed by atoms with van der Waals surface area (Å²) in [7, 11) is 8.43. The molecule has 0 radical (unpaired) electrons. The zero-order valence-electron chi connectivity index (χ0n) is 25.0. The number of hydrogen-bond acceptors (Lipinski definition) is 12. The molecule has 0 fully saturated rings. The smallest absolute Gasteiger partial charge is 0.377 e. The van der Waals surface area contributed by atoms with Gasteiger partial charge in [-0.1, -0.05) is 45.9 Å². The quantitative estimate of drug-likeness (QED) is 0.0557. The summed E-state index contributed by atoms with van der Waals surface area (Å²) >= 11 is 3.55. The van der Waals surface area contributed by atoms with E-state index in [-0.39, 0.29) is 11.8 Å². The van der Waals surface area contributed by atoms with E-state index in [1.165, 1.54) is 9.40 Å². The van der Waals surface area contributed by atoms with Crippen LogP contribution in [0.15, 0.2) is 48.5 Å². The van der Waals surface area contributed by atoms with Crippen LogP contribution < -0.4 is 0 Å². The Bertz CT molecular complexity index is 1200. The Morgan fingerprint density at radius 3 is 1.29 bits per heavy atom. The molecule has 0 saturated heterocycles. The fourth-order valence-electron chi connectivity index (χ4n) is 4.76. The van der Waals surface area contributed by atoms with Crippen LogP contribution in [-0.4, -0.2) is 81.7 Å². The van der Waals surface area contributed by atoms with Crippen LogP contribution in [0.25, 0.3) is 20.4 Å². The van der Waals surface area contributed by atoms with Crippen LogP contribution in [-0.2, 0) is 26.6 Å². The molecule has 2 aromatic heterocycles. The number of aromatic nitrogens is 2. The number of para-hydroxylation sites is 2. The molecule has 0 amide bonds. The molecule has 230 valence electrons. The Morgan fingerprint density at radius 1 is 0.595 bits per heavy atom. The van der Waals surface area contributed by atoms with Gasteiger partial charge >= 0.3 is 17.6 Å². The van der Waals surface area contributed by atoms with E-state index >= 15 is 0 Å². The summed E-state index contributed by atoms with van der Waals surface area (Å²) in [5, 5.41) is 2.29. The molecule has 2 aromatic carbocycles. The number of rotatable bonds is 19. The molecule has 0 aliphatic rings. The minimum atomic E-state index is -2.70. The molecular weight excluding hydrogens is 645 g/mol. The average molecular weight is 685 g/mol. The SMILES string of the molecule is CO[Si](CCC(CSSCC(CC[Si](OC)(OC)OC)c1nc2ccccc2s1)c1nc2ccccc2s1)(OC)OC. The molecule has 42 heavy (non-hydrogen) atoms. The molecule has 2 heterocycles. The van der Waals surface area contributed by atoms with Crippen molar-refractivity contribution in [2.24, 2.45) is 0 Å². The van der Waals surface area contributed by atoms with Gasteiger partial charge in [0.15, 0.2) is 0 Å². The number of fused-ring (bicyclic) bond motifs is 2. The van der Waals surface area contributed by atoms with Crippen molar-refractivity contribution >= 4 is 82.3 Å². The molecule has 0 spiro atoms.